The summed E-state index contributed by atoms with van der Waals surface area (Å²) in [5.74, 6) is 0.735. The zero-order valence-electron chi connectivity index (χ0n) is 16.8. The summed E-state index contributed by atoms with van der Waals surface area (Å²) in [6.07, 6.45) is 0.417. The number of nitrogens with zero attached hydrogens (tertiary/aromatic N) is 4. The Morgan fingerprint density at radius 1 is 1.10 bits per heavy atom. The summed E-state index contributed by atoms with van der Waals surface area (Å²) in [6, 6.07) is 8.64. The number of rotatable bonds is 3. The van der Waals surface area contributed by atoms with Crippen LogP contribution >= 0.6 is 0 Å². The lowest BCUT2D eigenvalue weighted by molar-refractivity contribution is -0.137. The van der Waals surface area contributed by atoms with Gasteiger partial charge in [0.2, 0.25) is 0 Å². The molecule has 1 fully saturated rings. The molecule has 0 unspecified atom stereocenters. The van der Waals surface area contributed by atoms with E-state index >= 15 is 0 Å². The molecule has 0 atom stereocenters. The van der Waals surface area contributed by atoms with Crippen LogP contribution < -0.4 is 0 Å². The normalized spacial score (nSPS) is 18.1. The van der Waals surface area contributed by atoms with Crippen LogP contribution in [0.2, 0.25) is 0 Å². The van der Waals surface area contributed by atoms with Crippen LogP contribution in [0.4, 0.5) is 19.0 Å². The SMILES string of the molecule is CC(C)(O)C1CCC(=Nc2ccc3ncc(-c4cccc(C(F)(F)F)c4)n3n2)CC1. The third-order valence-electron chi connectivity index (χ3n) is 5.67. The fraction of sp³-hybridized carbons (Fsp3) is 0.409. The highest BCUT2D eigenvalue weighted by Gasteiger charge is 2.31. The van der Waals surface area contributed by atoms with E-state index in [9.17, 15) is 18.3 Å². The summed E-state index contributed by atoms with van der Waals surface area (Å²) < 4.78 is 40.8. The minimum Gasteiger partial charge on any atom is -0.390 e. The molecule has 4 rings (SSSR count). The standard InChI is InChI=1S/C22H23F3N4O/c1-21(2,30)15-6-8-17(9-7-15)27-19-10-11-20-26-13-18(29(20)28-19)14-4-3-5-16(12-14)22(23,24)25/h3-5,10-13,15,30H,6-9H2,1-2H3. The summed E-state index contributed by atoms with van der Waals surface area (Å²) in [6.45, 7) is 3.67. The molecule has 0 radical (unpaired) electrons. The Bertz CT molecular complexity index is 1090. The molecule has 0 saturated heterocycles. The molecule has 3 aromatic rings. The van der Waals surface area contributed by atoms with Gasteiger partial charge in [0.05, 0.1) is 23.1 Å². The minimum atomic E-state index is -4.41. The van der Waals surface area contributed by atoms with Gasteiger partial charge in [-0.2, -0.15) is 13.2 Å². The Balaban J connectivity index is 1.63. The van der Waals surface area contributed by atoms with Crippen molar-refractivity contribution < 1.29 is 18.3 Å². The molecule has 0 bridgehead atoms. The topological polar surface area (TPSA) is 62.8 Å². The molecule has 1 N–H and O–H groups in total. The second-order valence-electron chi connectivity index (χ2n) is 8.29. The molecular formula is C22H23F3N4O. The molecule has 1 aliphatic rings. The van der Waals surface area contributed by atoms with E-state index in [1.165, 1.54) is 16.8 Å². The first kappa shape index (κ1) is 20.5. The predicted octanol–water partition coefficient (Wildman–Crippen LogP) is 5.45. The van der Waals surface area contributed by atoms with Crippen LogP contribution in [-0.2, 0) is 6.18 Å². The first-order valence-electron chi connectivity index (χ1n) is 9.92. The van der Waals surface area contributed by atoms with Crippen LogP contribution in [0, 0.1) is 5.92 Å². The number of alkyl halides is 3. The number of halogens is 3. The van der Waals surface area contributed by atoms with Gasteiger partial charge in [-0.05, 0) is 69.7 Å². The molecule has 1 saturated carbocycles. The van der Waals surface area contributed by atoms with Crippen LogP contribution in [0.5, 0.6) is 0 Å². The molecule has 158 valence electrons. The Morgan fingerprint density at radius 3 is 2.50 bits per heavy atom. The molecule has 0 amide bonds. The van der Waals surface area contributed by atoms with E-state index in [2.05, 4.69) is 15.1 Å². The van der Waals surface area contributed by atoms with Crippen LogP contribution in [0.1, 0.15) is 45.1 Å². The number of aromatic nitrogens is 3. The monoisotopic (exact) mass is 416 g/mol. The van der Waals surface area contributed by atoms with E-state index in [1.807, 2.05) is 13.8 Å². The van der Waals surface area contributed by atoms with Gasteiger partial charge in [-0.25, -0.2) is 14.5 Å². The Kier molecular flexibility index (Phi) is 5.13. The average Bonchev–Trinajstić information content (AvgIpc) is 3.10. The smallest absolute Gasteiger partial charge is 0.390 e. The van der Waals surface area contributed by atoms with E-state index < -0.39 is 17.3 Å². The first-order chi connectivity index (χ1) is 14.1. The van der Waals surface area contributed by atoms with Gasteiger partial charge in [-0.1, -0.05) is 12.1 Å². The van der Waals surface area contributed by atoms with Crippen molar-refractivity contribution >= 4 is 17.2 Å². The number of fused-ring (bicyclic) bond motifs is 1. The number of aliphatic hydroxyl groups is 1. The second-order valence-corrected chi connectivity index (χ2v) is 8.29. The highest BCUT2D eigenvalue weighted by molar-refractivity contribution is 5.87. The maximum Gasteiger partial charge on any atom is 0.416 e. The zero-order valence-corrected chi connectivity index (χ0v) is 16.8. The van der Waals surface area contributed by atoms with E-state index in [-0.39, 0.29) is 5.92 Å². The molecule has 0 spiro atoms. The molecule has 30 heavy (non-hydrogen) atoms. The summed E-state index contributed by atoms with van der Waals surface area (Å²) in [5, 5.41) is 14.7. The quantitative estimate of drug-likeness (QED) is 0.618. The minimum absolute atomic E-state index is 0.244. The summed E-state index contributed by atoms with van der Waals surface area (Å²) in [5.41, 5.74) is 1.01. The fourth-order valence-corrected chi connectivity index (χ4v) is 3.91. The van der Waals surface area contributed by atoms with Crippen molar-refractivity contribution in [1.29, 1.82) is 0 Å². The lowest BCUT2D eigenvalue weighted by Gasteiger charge is -2.32. The third kappa shape index (κ3) is 4.23. The van der Waals surface area contributed by atoms with Gasteiger partial charge in [0.25, 0.3) is 0 Å². The van der Waals surface area contributed by atoms with Crippen LogP contribution in [0.15, 0.2) is 47.6 Å². The number of imidazole rings is 1. The van der Waals surface area contributed by atoms with Gasteiger partial charge in [0.1, 0.15) is 0 Å². The van der Waals surface area contributed by atoms with Gasteiger partial charge >= 0.3 is 6.18 Å². The lowest BCUT2D eigenvalue weighted by Crippen LogP contribution is -2.33. The van der Waals surface area contributed by atoms with Crippen molar-refractivity contribution in [2.24, 2.45) is 10.9 Å². The van der Waals surface area contributed by atoms with Gasteiger partial charge in [-0.3, -0.25) is 0 Å². The zero-order chi connectivity index (χ0) is 21.5. The maximum atomic E-state index is 13.1. The average molecular weight is 416 g/mol. The van der Waals surface area contributed by atoms with Gasteiger partial charge < -0.3 is 5.11 Å². The van der Waals surface area contributed by atoms with Crippen LogP contribution in [-0.4, -0.2) is 31.0 Å². The molecule has 2 heterocycles. The van der Waals surface area contributed by atoms with Crippen molar-refractivity contribution in [3.63, 3.8) is 0 Å². The number of aliphatic imine (C=N–C) groups is 1. The van der Waals surface area contributed by atoms with E-state index in [0.717, 1.165) is 43.5 Å². The molecular weight excluding hydrogens is 393 g/mol. The highest BCUT2D eigenvalue weighted by Crippen LogP contribution is 2.33. The fourth-order valence-electron chi connectivity index (χ4n) is 3.91. The molecule has 1 aromatic carbocycles. The van der Waals surface area contributed by atoms with E-state index in [1.54, 1.807) is 18.2 Å². The molecule has 2 aromatic heterocycles. The number of benzene rings is 1. The van der Waals surface area contributed by atoms with Crippen molar-refractivity contribution in [3.05, 3.63) is 48.2 Å². The van der Waals surface area contributed by atoms with E-state index in [4.69, 9.17) is 0 Å². The molecule has 0 aliphatic heterocycles. The van der Waals surface area contributed by atoms with Crippen molar-refractivity contribution in [2.45, 2.75) is 51.3 Å². The second kappa shape index (κ2) is 7.50. The summed E-state index contributed by atoms with van der Waals surface area (Å²) in [4.78, 5) is 8.91. The van der Waals surface area contributed by atoms with Gasteiger partial charge in [-0.15, -0.1) is 5.10 Å². The number of hydrogen-bond donors (Lipinski definition) is 1. The summed E-state index contributed by atoms with van der Waals surface area (Å²) >= 11 is 0. The van der Waals surface area contributed by atoms with Crippen LogP contribution in [0.25, 0.3) is 16.9 Å². The van der Waals surface area contributed by atoms with Crippen molar-refractivity contribution in [2.75, 3.05) is 0 Å². The lowest BCUT2D eigenvalue weighted by atomic mass is 9.78. The predicted molar refractivity (Wildman–Crippen MR) is 109 cm³/mol. The molecule has 1 aliphatic carbocycles. The summed E-state index contributed by atoms with van der Waals surface area (Å²) in [7, 11) is 0. The van der Waals surface area contributed by atoms with Gasteiger partial charge in [0.15, 0.2) is 11.5 Å². The highest BCUT2D eigenvalue weighted by atomic mass is 19.4. The molecule has 8 heteroatoms. The first-order valence-corrected chi connectivity index (χ1v) is 9.92. The van der Waals surface area contributed by atoms with Crippen molar-refractivity contribution in [1.82, 2.24) is 14.6 Å². The van der Waals surface area contributed by atoms with E-state index in [0.29, 0.717) is 22.7 Å². The third-order valence-corrected chi connectivity index (χ3v) is 5.67. The number of hydrogen-bond acceptors (Lipinski definition) is 4. The van der Waals surface area contributed by atoms with Crippen LogP contribution in [0.3, 0.4) is 0 Å². The Labute approximate surface area is 172 Å². The Morgan fingerprint density at radius 2 is 1.83 bits per heavy atom. The molecule has 5 nitrogen and oxygen atoms in total. The Hall–Kier alpha value is -2.74. The van der Waals surface area contributed by atoms with Gasteiger partial charge in [0, 0.05) is 11.3 Å². The largest absolute Gasteiger partial charge is 0.416 e. The van der Waals surface area contributed by atoms with Crippen molar-refractivity contribution in [3.8, 4) is 11.3 Å². The maximum absolute atomic E-state index is 13.1.